The van der Waals surface area contributed by atoms with Crippen molar-refractivity contribution in [3.05, 3.63) is 17.5 Å². The average molecular weight is 281 g/mol. The van der Waals surface area contributed by atoms with Crippen molar-refractivity contribution in [2.75, 3.05) is 32.8 Å². The van der Waals surface area contributed by atoms with Crippen LogP contribution in [0.25, 0.3) is 0 Å². The predicted molar refractivity (Wildman–Crippen MR) is 74.4 cm³/mol. The lowest BCUT2D eigenvalue weighted by Crippen LogP contribution is -2.53. The molecule has 0 radical (unpaired) electrons. The smallest absolute Gasteiger partial charge is 0.228 e. The van der Waals surface area contributed by atoms with Crippen LogP contribution in [0.4, 0.5) is 0 Å². The summed E-state index contributed by atoms with van der Waals surface area (Å²) in [5, 5.41) is 6.83. The van der Waals surface area contributed by atoms with Crippen LogP contribution >= 0.6 is 0 Å². The summed E-state index contributed by atoms with van der Waals surface area (Å²) in [6.07, 6.45) is 0.230. The van der Waals surface area contributed by atoms with Gasteiger partial charge in [-0.3, -0.25) is 9.69 Å². The first-order chi connectivity index (χ1) is 9.44. The second-order valence-electron chi connectivity index (χ2n) is 5.93. The summed E-state index contributed by atoms with van der Waals surface area (Å²) in [6.45, 7) is 10.1. The van der Waals surface area contributed by atoms with Crippen LogP contribution in [0.15, 0.2) is 10.6 Å². The van der Waals surface area contributed by atoms with E-state index in [-0.39, 0.29) is 17.9 Å². The first kappa shape index (κ1) is 15.0. The summed E-state index contributed by atoms with van der Waals surface area (Å²) in [4.78, 5) is 14.3. The first-order valence-electron chi connectivity index (χ1n) is 6.98. The zero-order valence-electron chi connectivity index (χ0n) is 12.4. The molecule has 0 bridgehead atoms. The molecule has 1 N–H and O–H groups in total. The fourth-order valence-corrected chi connectivity index (χ4v) is 2.44. The van der Waals surface area contributed by atoms with Crippen LogP contribution in [-0.4, -0.2) is 54.4 Å². The fraction of sp³-hybridized carbons (Fsp3) is 0.714. The number of hydrogen-bond acceptors (Lipinski definition) is 5. The van der Waals surface area contributed by atoms with Gasteiger partial charge in [-0.15, -0.1) is 0 Å². The lowest BCUT2D eigenvalue weighted by atomic mass is 10.0. The van der Waals surface area contributed by atoms with Gasteiger partial charge >= 0.3 is 0 Å². The molecule has 1 aliphatic heterocycles. The molecule has 6 nitrogen and oxygen atoms in total. The van der Waals surface area contributed by atoms with E-state index in [4.69, 9.17) is 9.26 Å². The second kappa shape index (κ2) is 6.37. The highest BCUT2D eigenvalue weighted by Gasteiger charge is 2.25. The number of aromatic nitrogens is 1. The molecule has 0 unspecified atom stereocenters. The number of rotatable bonds is 5. The van der Waals surface area contributed by atoms with Crippen molar-refractivity contribution in [1.82, 2.24) is 15.4 Å². The van der Waals surface area contributed by atoms with Crippen molar-refractivity contribution < 1.29 is 14.1 Å². The summed E-state index contributed by atoms with van der Waals surface area (Å²) >= 11 is 0. The molecule has 0 spiro atoms. The molecule has 0 aliphatic carbocycles. The molecule has 112 valence electrons. The van der Waals surface area contributed by atoms with Crippen molar-refractivity contribution in [1.29, 1.82) is 0 Å². The van der Waals surface area contributed by atoms with E-state index in [1.54, 1.807) is 6.07 Å². The summed E-state index contributed by atoms with van der Waals surface area (Å²) < 4.78 is 10.4. The molecule has 1 aliphatic rings. The van der Waals surface area contributed by atoms with Crippen LogP contribution in [0.2, 0.25) is 0 Å². The molecule has 0 atom stereocenters. The highest BCUT2D eigenvalue weighted by molar-refractivity contribution is 5.78. The van der Waals surface area contributed by atoms with Gasteiger partial charge in [-0.05, 0) is 20.8 Å². The molecule has 1 fully saturated rings. The largest absolute Gasteiger partial charge is 0.379 e. The molecule has 0 saturated carbocycles. The summed E-state index contributed by atoms with van der Waals surface area (Å²) in [7, 11) is 0. The maximum absolute atomic E-state index is 12.0. The average Bonchev–Trinajstić information content (AvgIpc) is 2.74. The molecule has 2 heterocycles. The van der Waals surface area contributed by atoms with Crippen molar-refractivity contribution >= 4 is 5.91 Å². The summed E-state index contributed by atoms with van der Waals surface area (Å²) in [6, 6.07) is 1.79. The minimum atomic E-state index is -0.274. The van der Waals surface area contributed by atoms with Gasteiger partial charge in [0, 0.05) is 31.2 Å². The van der Waals surface area contributed by atoms with Crippen LogP contribution < -0.4 is 5.32 Å². The fourth-order valence-electron chi connectivity index (χ4n) is 2.44. The van der Waals surface area contributed by atoms with E-state index in [0.717, 1.165) is 38.5 Å². The topological polar surface area (TPSA) is 67.6 Å². The zero-order valence-corrected chi connectivity index (χ0v) is 12.4. The van der Waals surface area contributed by atoms with Crippen molar-refractivity contribution in [2.24, 2.45) is 0 Å². The molecule has 1 saturated heterocycles. The third-order valence-corrected chi connectivity index (χ3v) is 3.21. The van der Waals surface area contributed by atoms with Crippen molar-refractivity contribution in [3.63, 3.8) is 0 Å². The Morgan fingerprint density at radius 3 is 2.75 bits per heavy atom. The SMILES string of the molecule is Cc1cc(CC(=O)NC(C)(C)CN2CCOCC2)on1. The standard InChI is InChI=1S/C14H23N3O3/c1-11-8-12(20-16-11)9-13(18)15-14(2,3)10-17-4-6-19-7-5-17/h8H,4-7,9-10H2,1-3H3,(H,15,18). The highest BCUT2D eigenvalue weighted by atomic mass is 16.5. The van der Waals surface area contributed by atoms with Crippen LogP contribution in [0.5, 0.6) is 0 Å². The number of carbonyl (C=O) groups excluding carboxylic acids is 1. The Bertz CT molecular complexity index is 450. The minimum absolute atomic E-state index is 0.0422. The van der Waals surface area contributed by atoms with E-state index in [9.17, 15) is 4.79 Å². The summed E-state index contributed by atoms with van der Waals surface area (Å²) in [5.41, 5.74) is 0.518. The van der Waals surface area contributed by atoms with Gasteiger partial charge in [0.25, 0.3) is 0 Å². The van der Waals surface area contributed by atoms with Gasteiger partial charge in [0.1, 0.15) is 5.76 Å². The van der Waals surface area contributed by atoms with Gasteiger partial charge in [0.05, 0.1) is 25.3 Å². The third-order valence-electron chi connectivity index (χ3n) is 3.21. The quantitative estimate of drug-likeness (QED) is 0.862. The second-order valence-corrected chi connectivity index (χ2v) is 5.93. The highest BCUT2D eigenvalue weighted by Crippen LogP contribution is 2.09. The van der Waals surface area contributed by atoms with Gasteiger partial charge in [-0.1, -0.05) is 5.16 Å². The molecule has 0 aromatic carbocycles. The van der Waals surface area contributed by atoms with E-state index >= 15 is 0 Å². The molecule has 2 rings (SSSR count). The third kappa shape index (κ3) is 4.61. The van der Waals surface area contributed by atoms with E-state index < -0.39 is 0 Å². The van der Waals surface area contributed by atoms with E-state index in [1.165, 1.54) is 0 Å². The predicted octanol–water partition coefficient (Wildman–Crippen LogP) is 0.753. The number of morpholine rings is 1. The van der Waals surface area contributed by atoms with Crippen LogP contribution in [-0.2, 0) is 16.0 Å². The summed E-state index contributed by atoms with van der Waals surface area (Å²) in [5.74, 6) is 0.557. The monoisotopic (exact) mass is 281 g/mol. The van der Waals surface area contributed by atoms with Gasteiger partial charge in [-0.2, -0.15) is 0 Å². The van der Waals surface area contributed by atoms with E-state index in [1.807, 2.05) is 20.8 Å². The Hall–Kier alpha value is -1.40. The van der Waals surface area contributed by atoms with Crippen LogP contribution in [0.1, 0.15) is 25.3 Å². The normalized spacial score (nSPS) is 17.1. The lowest BCUT2D eigenvalue weighted by Gasteiger charge is -2.35. The maximum Gasteiger partial charge on any atom is 0.228 e. The van der Waals surface area contributed by atoms with E-state index in [2.05, 4.69) is 15.4 Å². The lowest BCUT2D eigenvalue weighted by molar-refractivity contribution is -0.122. The Labute approximate surface area is 119 Å². The number of amides is 1. The van der Waals surface area contributed by atoms with Crippen LogP contribution in [0, 0.1) is 6.92 Å². The van der Waals surface area contributed by atoms with Gasteiger partial charge in [0.2, 0.25) is 5.91 Å². The van der Waals surface area contributed by atoms with Gasteiger partial charge < -0.3 is 14.6 Å². The Kier molecular flexibility index (Phi) is 4.77. The number of hydrogen-bond donors (Lipinski definition) is 1. The Morgan fingerprint density at radius 2 is 2.15 bits per heavy atom. The molecule has 20 heavy (non-hydrogen) atoms. The molecular formula is C14H23N3O3. The number of aryl methyl sites for hydroxylation is 1. The van der Waals surface area contributed by atoms with Crippen molar-refractivity contribution in [2.45, 2.75) is 32.7 Å². The minimum Gasteiger partial charge on any atom is -0.379 e. The van der Waals surface area contributed by atoms with Crippen LogP contribution in [0.3, 0.4) is 0 Å². The maximum atomic E-state index is 12.0. The number of ether oxygens (including phenoxy) is 1. The molecule has 6 heteroatoms. The van der Waals surface area contributed by atoms with E-state index in [0.29, 0.717) is 5.76 Å². The number of nitrogens with one attached hydrogen (secondary N) is 1. The van der Waals surface area contributed by atoms with Gasteiger partial charge in [0.15, 0.2) is 0 Å². The first-order valence-corrected chi connectivity index (χ1v) is 6.98. The number of nitrogens with zero attached hydrogens (tertiary/aromatic N) is 2. The van der Waals surface area contributed by atoms with Crippen molar-refractivity contribution in [3.8, 4) is 0 Å². The van der Waals surface area contributed by atoms with Gasteiger partial charge in [-0.25, -0.2) is 0 Å². The molecule has 1 aromatic heterocycles. The molecule has 1 aromatic rings. The molecule has 1 amide bonds. The Morgan fingerprint density at radius 1 is 1.45 bits per heavy atom. The Balaban J connectivity index is 1.81. The zero-order chi connectivity index (χ0) is 14.6. The number of carbonyl (C=O) groups is 1. The molecular weight excluding hydrogens is 258 g/mol.